The summed E-state index contributed by atoms with van der Waals surface area (Å²) in [6.07, 6.45) is 0.792. The largest absolute Gasteiger partial charge is 0.272 e. The second-order valence-electron chi connectivity index (χ2n) is 6.00. The lowest BCUT2D eigenvalue weighted by molar-refractivity contribution is 0.626. The fraction of sp³-hybridized carbons (Fsp3) is 0.263. The summed E-state index contributed by atoms with van der Waals surface area (Å²) in [5.74, 6) is 2.41. The monoisotopic (exact) mass is 373 g/mol. The Hall–Kier alpha value is -1.92. The molecule has 6 heteroatoms. The average Bonchev–Trinajstić information content (AvgIpc) is 2.93. The van der Waals surface area contributed by atoms with Crippen molar-refractivity contribution < 1.29 is 4.39 Å². The van der Waals surface area contributed by atoms with Crippen molar-refractivity contribution in [3.05, 3.63) is 75.6 Å². The van der Waals surface area contributed by atoms with Crippen LogP contribution in [0.2, 0.25) is 0 Å². The van der Waals surface area contributed by atoms with Crippen molar-refractivity contribution in [3.63, 3.8) is 0 Å². The van der Waals surface area contributed by atoms with Crippen LogP contribution in [0, 0.1) is 24.4 Å². The van der Waals surface area contributed by atoms with Crippen molar-refractivity contribution in [1.82, 2.24) is 14.8 Å². The standard InChI is InChI=1S/C19H20FN3S2/c1-13-6-7-17(14(2)10-13)23-18(21-22-19(23)24)8-9-25-12-15-4-3-5-16(20)11-15/h3-7,10-11H,8-9,12H2,1-2H3,(H,22,24). The van der Waals surface area contributed by atoms with E-state index in [0.29, 0.717) is 4.77 Å². The molecule has 1 N–H and O–H groups in total. The lowest BCUT2D eigenvalue weighted by Gasteiger charge is -2.10. The van der Waals surface area contributed by atoms with Crippen LogP contribution < -0.4 is 0 Å². The van der Waals surface area contributed by atoms with Gasteiger partial charge < -0.3 is 0 Å². The number of aromatic nitrogens is 3. The van der Waals surface area contributed by atoms with Gasteiger partial charge in [-0.25, -0.2) is 4.39 Å². The fourth-order valence-corrected chi connectivity index (χ4v) is 3.92. The van der Waals surface area contributed by atoms with Gasteiger partial charge in [-0.2, -0.15) is 16.9 Å². The number of nitrogens with zero attached hydrogens (tertiary/aromatic N) is 2. The van der Waals surface area contributed by atoms with Crippen molar-refractivity contribution >= 4 is 24.0 Å². The summed E-state index contributed by atoms with van der Waals surface area (Å²) in [6, 6.07) is 13.1. The van der Waals surface area contributed by atoms with E-state index in [4.69, 9.17) is 12.2 Å². The fourth-order valence-electron chi connectivity index (χ4n) is 2.78. The van der Waals surface area contributed by atoms with Crippen LogP contribution in [-0.2, 0) is 12.2 Å². The number of hydrogen-bond donors (Lipinski definition) is 1. The molecule has 0 aliphatic heterocycles. The molecular formula is C19H20FN3S2. The Morgan fingerprint density at radius 1 is 1.20 bits per heavy atom. The minimum Gasteiger partial charge on any atom is -0.272 e. The van der Waals surface area contributed by atoms with Gasteiger partial charge in [0.05, 0.1) is 5.69 Å². The van der Waals surface area contributed by atoms with E-state index in [9.17, 15) is 4.39 Å². The highest BCUT2D eigenvalue weighted by atomic mass is 32.2. The third-order valence-electron chi connectivity index (χ3n) is 3.96. The van der Waals surface area contributed by atoms with Crippen LogP contribution in [0.5, 0.6) is 0 Å². The highest BCUT2D eigenvalue weighted by Crippen LogP contribution is 2.20. The van der Waals surface area contributed by atoms with E-state index in [1.165, 1.54) is 17.2 Å². The zero-order valence-electron chi connectivity index (χ0n) is 14.3. The van der Waals surface area contributed by atoms with Gasteiger partial charge >= 0.3 is 0 Å². The molecule has 3 rings (SSSR count). The van der Waals surface area contributed by atoms with Crippen LogP contribution in [-0.4, -0.2) is 20.5 Å². The first-order valence-corrected chi connectivity index (χ1v) is 9.67. The molecular weight excluding hydrogens is 353 g/mol. The Morgan fingerprint density at radius 3 is 2.80 bits per heavy atom. The average molecular weight is 374 g/mol. The van der Waals surface area contributed by atoms with Gasteiger partial charge in [-0.1, -0.05) is 29.8 Å². The molecule has 25 heavy (non-hydrogen) atoms. The van der Waals surface area contributed by atoms with Crippen LogP contribution in [0.25, 0.3) is 5.69 Å². The van der Waals surface area contributed by atoms with Gasteiger partial charge in [0.2, 0.25) is 0 Å². The highest BCUT2D eigenvalue weighted by molar-refractivity contribution is 7.98. The number of benzene rings is 2. The zero-order chi connectivity index (χ0) is 17.8. The normalized spacial score (nSPS) is 11.0. The Morgan fingerprint density at radius 2 is 2.04 bits per heavy atom. The van der Waals surface area contributed by atoms with E-state index in [-0.39, 0.29) is 5.82 Å². The summed E-state index contributed by atoms with van der Waals surface area (Å²) in [5.41, 5.74) is 4.46. The first-order chi connectivity index (χ1) is 12.0. The summed E-state index contributed by atoms with van der Waals surface area (Å²) in [4.78, 5) is 0. The molecule has 0 atom stereocenters. The lowest BCUT2D eigenvalue weighted by Crippen LogP contribution is -2.05. The quantitative estimate of drug-likeness (QED) is 0.478. The molecule has 1 aromatic heterocycles. The summed E-state index contributed by atoms with van der Waals surface area (Å²) in [6.45, 7) is 4.16. The van der Waals surface area contributed by atoms with Crippen LogP contribution in [0.4, 0.5) is 4.39 Å². The highest BCUT2D eigenvalue weighted by Gasteiger charge is 2.10. The van der Waals surface area contributed by atoms with E-state index in [0.717, 1.165) is 35.0 Å². The van der Waals surface area contributed by atoms with Crippen LogP contribution in [0.1, 0.15) is 22.5 Å². The number of nitrogens with one attached hydrogen (secondary N) is 1. The van der Waals surface area contributed by atoms with Crippen molar-refractivity contribution in [1.29, 1.82) is 0 Å². The molecule has 0 spiro atoms. The summed E-state index contributed by atoms with van der Waals surface area (Å²) in [7, 11) is 0. The number of H-pyrrole nitrogens is 1. The van der Waals surface area contributed by atoms with Crippen molar-refractivity contribution in [2.75, 3.05) is 5.75 Å². The molecule has 3 aromatic rings. The Kier molecular flexibility index (Phi) is 5.71. The van der Waals surface area contributed by atoms with Gasteiger partial charge in [0.25, 0.3) is 0 Å². The minimum absolute atomic E-state index is 0.186. The number of aromatic amines is 1. The van der Waals surface area contributed by atoms with Crippen molar-refractivity contribution in [3.8, 4) is 5.69 Å². The predicted octanol–water partition coefficient (Wildman–Crippen LogP) is 5.16. The number of aryl methyl sites for hydroxylation is 3. The number of halogens is 1. The van der Waals surface area contributed by atoms with Gasteiger partial charge in [-0.3, -0.25) is 9.67 Å². The van der Waals surface area contributed by atoms with Crippen molar-refractivity contribution in [2.45, 2.75) is 26.0 Å². The number of thioether (sulfide) groups is 1. The number of hydrogen-bond acceptors (Lipinski definition) is 3. The molecule has 2 aromatic carbocycles. The maximum Gasteiger partial charge on any atom is 0.199 e. The zero-order valence-corrected chi connectivity index (χ0v) is 15.9. The molecule has 0 fully saturated rings. The Balaban J connectivity index is 1.69. The summed E-state index contributed by atoms with van der Waals surface area (Å²) in [5, 5.41) is 7.29. The smallest absolute Gasteiger partial charge is 0.199 e. The third-order valence-corrected chi connectivity index (χ3v) is 5.27. The van der Waals surface area contributed by atoms with Gasteiger partial charge in [0, 0.05) is 17.9 Å². The maximum atomic E-state index is 13.2. The van der Waals surface area contributed by atoms with E-state index in [1.807, 2.05) is 10.6 Å². The van der Waals surface area contributed by atoms with Crippen LogP contribution >= 0.6 is 24.0 Å². The molecule has 0 radical (unpaired) electrons. The molecule has 0 saturated carbocycles. The second kappa shape index (κ2) is 7.97. The van der Waals surface area contributed by atoms with Gasteiger partial charge in [0.15, 0.2) is 4.77 Å². The van der Waals surface area contributed by atoms with Gasteiger partial charge in [-0.05, 0) is 55.4 Å². The topological polar surface area (TPSA) is 33.6 Å². The lowest BCUT2D eigenvalue weighted by atomic mass is 10.1. The molecule has 0 unspecified atom stereocenters. The Bertz CT molecular complexity index is 930. The first kappa shape index (κ1) is 17.9. The minimum atomic E-state index is -0.186. The van der Waals surface area contributed by atoms with E-state index < -0.39 is 0 Å². The predicted molar refractivity (Wildman–Crippen MR) is 104 cm³/mol. The second-order valence-corrected chi connectivity index (χ2v) is 7.49. The van der Waals surface area contributed by atoms with E-state index >= 15 is 0 Å². The summed E-state index contributed by atoms with van der Waals surface area (Å²) >= 11 is 7.18. The molecule has 0 aliphatic rings. The Labute approximate surface area is 156 Å². The molecule has 130 valence electrons. The molecule has 3 nitrogen and oxygen atoms in total. The van der Waals surface area contributed by atoms with E-state index in [2.05, 4.69) is 42.2 Å². The molecule has 0 amide bonds. The SMILES string of the molecule is Cc1ccc(-n2c(CCSCc3cccc(F)c3)n[nH]c2=S)c(C)c1. The van der Waals surface area contributed by atoms with E-state index in [1.54, 1.807) is 23.9 Å². The van der Waals surface area contributed by atoms with Gasteiger partial charge in [-0.15, -0.1) is 0 Å². The first-order valence-electron chi connectivity index (χ1n) is 8.10. The van der Waals surface area contributed by atoms with Crippen LogP contribution in [0.3, 0.4) is 0 Å². The summed E-state index contributed by atoms with van der Waals surface area (Å²) < 4.78 is 15.8. The third kappa shape index (κ3) is 4.38. The number of rotatable bonds is 6. The van der Waals surface area contributed by atoms with Gasteiger partial charge in [0.1, 0.15) is 11.6 Å². The molecule has 0 saturated heterocycles. The molecule has 0 bridgehead atoms. The van der Waals surface area contributed by atoms with Crippen molar-refractivity contribution in [2.24, 2.45) is 0 Å². The van der Waals surface area contributed by atoms with Crippen LogP contribution in [0.15, 0.2) is 42.5 Å². The maximum absolute atomic E-state index is 13.2. The molecule has 1 heterocycles. The molecule has 0 aliphatic carbocycles.